The van der Waals surface area contributed by atoms with Gasteiger partial charge in [-0.3, -0.25) is 0 Å². The van der Waals surface area contributed by atoms with Crippen molar-refractivity contribution in [3.8, 4) is 0 Å². The maximum absolute atomic E-state index is 3.37. The Hall–Kier alpha value is -1.50. The summed E-state index contributed by atoms with van der Waals surface area (Å²) < 4.78 is 0. The molecular formula is C17H21N. The summed E-state index contributed by atoms with van der Waals surface area (Å²) in [5.74, 6) is 0.724. The first-order valence-electron chi connectivity index (χ1n) is 6.88. The lowest BCUT2D eigenvalue weighted by Crippen LogP contribution is -2.20. The average Bonchev–Trinajstić information content (AvgIpc) is 2.95. The highest BCUT2D eigenvalue weighted by atomic mass is 14.7. The molecule has 0 aliphatic heterocycles. The Kier molecular flexibility index (Phi) is 2.77. The number of hydrogen-bond donors (Lipinski definition) is 1. The van der Waals surface area contributed by atoms with Gasteiger partial charge in [0, 0.05) is 11.9 Å². The van der Waals surface area contributed by atoms with Crippen LogP contribution in [0.25, 0.3) is 0 Å². The van der Waals surface area contributed by atoms with E-state index >= 15 is 0 Å². The van der Waals surface area contributed by atoms with Gasteiger partial charge in [-0.25, -0.2) is 0 Å². The molecule has 1 aliphatic rings. The molecule has 3 rings (SSSR count). The van der Waals surface area contributed by atoms with Crippen molar-refractivity contribution in [2.24, 2.45) is 0 Å². The van der Waals surface area contributed by atoms with Crippen LogP contribution in [-0.4, -0.2) is 4.98 Å². The summed E-state index contributed by atoms with van der Waals surface area (Å²) in [5.41, 5.74) is 4.72. The number of aryl methyl sites for hydroxylation is 1. The highest BCUT2D eigenvalue weighted by Gasteiger charge is 2.30. The lowest BCUT2D eigenvalue weighted by Gasteiger charge is -2.28. The van der Waals surface area contributed by atoms with Gasteiger partial charge in [-0.1, -0.05) is 44.2 Å². The van der Waals surface area contributed by atoms with Crippen LogP contribution in [0, 0.1) is 0 Å². The maximum atomic E-state index is 3.37. The van der Waals surface area contributed by atoms with Gasteiger partial charge in [-0.05, 0) is 47.8 Å². The number of nitrogens with one attached hydrogen (secondary N) is 1. The van der Waals surface area contributed by atoms with Crippen molar-refractivity contribution in [3.63, 3.8) is 0 Å². The minimum absolute atomic E-state index is 0.255. The van der Waals surface area contributed by atoms with Gasteiger partial charge in [-0.15, -0.1) is 0 Å². The van der Waals surface area contributed by atoms with E-state index < -0.39 is 0 Å². The van der Waals surface area contributed by atoms with Crippen molar-refractivity contribution in [1.82, 2.24) is 4.98 Å². The number of benzene rings is 1. The van der Waals surface area contributed by atoms with Crippen LogP contribution in [0.1, 0.15) is 49.4 Å². The van der Waals surface area contributed by atoms with Crippen molar-refractivity contribution in [3.05, 3.63) is 59.4 Å². The van der Waals surface area contributed by atoms with Crippen molar-refractivity contribution in [2.75, 3.05) is 0 Å². The molecule has 1 unspecified atom stereocenters. The predicted octanol–water partition coefficient (Wildman–Crippen LogP) is 4.41. The van der Waals surface area contributed by atoms with E-state index in [2.05, 4.69) is 61.4 Å². The van der Waals surface area contributed by atoms with E-state index in [9.17, 15) is 0 Å². The van der Waals surface area contributed by atoms with E-state index in [1.165, 1.54) is 30.5 Å². The molecule has 1 N–H and O–H groups in total. The van der Waals surface area contributed by atoms with Crippen molar-refractivity contribution in [2.45, 2.75) is 44.4 Å². The molecule has 1 aliphatic carbocycles. The van der Waals surface area contributed by atoms with E-state index in [0.29, 0.717) is 0 Å². The number of fused-ring (bicyclic) bond motifs is 1. The van der Waals surface area contributed by atoms with Gasteiger partial charge in [0.15, 0.2) is 0 Å². The number of hydrogen-bond acceptors (Lipinski definition) is 0. The SMILES string of the molecule is CC(C)(CC1CCc2[nH]ccc21)c1ccccc1. The molecule has 0 fully saturated rings. The minimum Gasteiger partial charge on any atom is -0.365 e. The molecule has 0 amide bonds. The largest absolute Gasteiger partial charge is 0.365 e. The smallest absolute Gasteiger partial charge is 0.0182 e. The van der Waals surface area contributed by atoms with Gasteiger partial charge in [-0.2, -0.15) is 0 Å². The zero-order chi connectivity index (χ0) is 12.6. The quantitative estimate of drug-likeness (QED) is 0.816. The van der Waals surface area contributed by atoms with Gasteiger partial charge >= 0.3 is 0 Å². The van der Waals surface area contributed by atoms with Crippen LogP contribution in [0.15, 0.2) is 42.6 Å². The summed E-state index contributed by atoms with van der Waals surface area (Å²) in [4.78, 5) is 3.37. The zero-order valence-electron chi connectivity index (χ0n) is 11.2. The maximum Gasteiger partial charge on any atom is 0.0182 e. The van der Waals surface area contributed by atoms with Gasteiger partial charge in [0.1, 0.15) is 0 Å². The summed E-state index contributed by atoms with van der Waals surface area (Å²) in [5, 5.41) is 0. The summed E-state index contributed by atoms with van der Waals surface area (Å²) in [6.07, 6.45) is 5.85. The van der Waals surface area contributed by atoms with E-state index in [1.54, 1.807) is 5.56 Å². The molecule has 1 aromatic heterocycles. The molecular weight excluding hydrogens is 218 g/mol. The molecule has 18 heavy (non-hydrogen) atoms. The summed E-state index contributed by atoms with van der Waals surface area (Å²) in [6.45, 7) is 4.74. The first-order valence-corrected chi connectivity index (χ1v) is 6.88. The van der Waals surface area contributed by atoms with Gasteiger partial charge in [0.05, 0.1) is 0 Å². The molecule has 0 spiro atoms. The van der Waals surface area contributed by atoms with Crippen molar-refractivity contribution >= 4 is 0 Å². The van der Waals surface area contributed by atoms with Crippen molar-refractivity contribution in [1.29, 1.82) is 0 Å². The van der Waals surface area contributed by atoms with Crippen LogP contribution < -0.4 is 0 Å². The fourth-order valence-corrected chi connectivity index (χ4v) is 3.32. The summed E-state index contributed by atoms with van der Waals surface area (Å²) in [6, 6.07) is 13.2. The first-order chi connectivity index (χ1) is 8.67. The highest BCUT2D eigenvalue weighted by molar-refractivity contribution is 5.32. The van der Waals surface area contributed by atoms with Crippen LogP contribution >= 0.6 is 0 Å². The van der Waals surface area contributed by atoms with Crippen LogP contribution in [-0.2, 0) is 11.8 Å². The standard InChI is InChI=1S/C17H21N/c1-17(2,14-6-4-3-5-7-14)12-13-8-9-16-15(13)10-11-18-16/h3-7,10-11,13,18H,8-9,12H2,1-2H3. The number of rotatable bonds is 3. The molecule has 0 saturated carbocycles. The lowest BCUT2D eigenvalue weighted by atomic mass is 9.76. The molecule has 1 atom stereocenters. The molecule has 0 radical (unpaired) electrons. The number of aromatic nitrogens is 1. The Bertz CT molecular complexity index is 522. The van der Waals surface area contributed by atoms with Gasteiger partial charge < -0.3 is 4.98 Å². The van der Waals surface area contributed by atoms with Crippen LogP contribution in [0.4, 0.5) is 0 Å². The van der Waals surface area contributed by atoms with E-state index in [1.807, 2.05) is 0 Å². The Morgan fingerprint density at radius 3 is 2.72 bits per heavy atom. The minimum atomic E-state index is 0.255. The molecule has 1 nitrogen and oxygen atoms in total. The third-order valence-electron chi connectivity index (χ3n) is 4.36. The van der Waals surface area contributed by atoms with Crippen LogP contribution in [0.5, 0.6) is 0 Å². The van der Waals surface area contributed by atoms with Crippen LogP contribution in [0.2, 0.25) is 0 Å². The van der Waals surface area contributed by atoms with E-state index in [4.69, 9.17) is 0 Å². The normalized spacial score (nSPS) is 18.9. The highest BCUT2D eigenvalue weighted by Crippen LogP contribution is 2.41. The second-order valence-electron chi connectivity index (χ2n) is 6.10. The van der Waals surface area contributed by atoms with Gasteiger partial charge in [0.25, 0.3) is 0 Å². The summed E-state index contributed by atoms with van der Waals surface area (Å²) in [7, 11) is 0. The first kappa shape index (κ1) is 11.6. The Labute approximate surface area is 109 Å². The Balaban J connectivity index is 1.81. The molecule has 0 bridgehead atoms. The molecule has 0 saturated heterocycles. The fraction of sp³-hybridized carbons (Fsp3) is 0.412. The third-order valence-corrected chi connectivity index (χ3v) is 4.36. The molecule has 94 valence electrons. The topological polar surface area (TPSA) is 15.8 Å². The molecule has 1 aromatic carbocycles. The molecule has 1 heterocycles. The third kappa shape index (κ3) is 1.98. The van der Waals surface area contributed by atoms with Crippen LogP contribution in [0.3, 0.4) is 0 Å². The molecule has 1 heteroatoms. The summed E-state index contributed by atoms with van der Waals surface area (Å²) >= 11 is 0. The van der Waals surface area contributed by atoms with Gasteiger partial charge in [0.2, 0.25) is 0 Å². The average molecular weight is 239 g/mol. The van der Waals surface area contributed by atoms with E-state index in [0.717, 1.165) is 5.92 Å². The van der Waals surface area contributed by atoms with E-state index in [-0.39, 0.29) is 5.41 Å². The van der Waals surface area contributed by atoms with Crippen molar-refractivity contribution < 1.29 is 0 Å². The monoisotopic (exact) mass is 239 g/mol. The number of aromatic amines is 1. The number of H-pyrrole nitrogens is 1. The Morgan fingerprint density at radius 2 is 1.94 bits per heavy atom. The second kappa shape index (κ2) is 4.31. The Morgan fingerprint density at radius 1 is 1.17 bits per heavy atom. The zero-order valence-corrected chi connectivity index (χ0v) is 11.2. The second-order valence-corrected chi connectivity index (χ2v) is 6.10. The lowest BCUT2D eigenvalue weighted by molar-refractivity contribution is 0.422. The fourth-order valence-electron chi connectivity index (χ4n) is 3.32. The molecule has 2 aromatic rings. The predicted molar refractivity (Wildman–Crippen MR) is 75.9 cm³/mol.